The average Bonchev–Trinajstić information content (AvgIpc) is 2.51. The second-order valence-corrected chi connectivity index (χ2v) is 5.29. The third-order valence-corrected chi connectivity index (χ3v) is 3.68. The monoisotopic (exact) mass is 354 g/mol. The van der Waals surface area contributed by atoms with Crippen LogP contribution in [0, 0.1) is 5.82 Å². The molecule has 0 fully saturated rings. The molecule has 0 aliphatic heterocycles. The summed E-state index contributed by atoms with van der Waals surface area (Å²) in [4.78, 5) is 0. The van der Waals surface area contributed by atoms with Crippen LogP contribution in [0.1, 0.15) is 17.2 Å². The first kappa shape index (κ1) is 15.8. The number of methoxy groups -OCH3 is 2. The van der Waals surface area contributed by atoms with Crippen molar-refractivity contribution in [3.63, 3.8) is 0 Å². The summed E-state index contributed by atoms with van der Waals surface area (Å²) in [6.07, 6.45) is 0. The first-order chi connectivity index (χ1) is 10.1. The van der Waals surface area contributed by atoms with Gasteiger partial charge in [-0.1, -0.05) is 15.9 Å². The van der Waals surface area contributed by atoms with Crippen LogP contribution >= 0.6 is 15.9 Å². The zero-order valence-electron chi connectivity index (χ0n) is 11.7. The summed E-state index contributed by atoms with van der Waals surface area (Å²) in [5.41, 5.74) is 3.74. The van der Waals surface area contributed by atoms with E-state index in [2.05, 4.69) is 21.4 Å². The van der Waals surface area contributed by atoms with E-state index in [9.17, 15) is 4.39 Å². The Balaban J connectivity index is 2.57. The normalized spacial score (nSPS) is 12.0. The molecule has 0 amide bonds. The molecule has 0 aliphatic rings. The number of rotatable bonds is 5. The molecule has 0 spiro atoms. The molecule has 2 aromatic carbocycles. The van der Waals surface area contributed by atoms with Gasteiger partial charge in [0.2, 0.25) is 0 Å². The summed E-state index contributed by atoms with van der Waals surface area (Å²) in [5.74, 6) is 6.52. The van der Waals surface area contributed by atoms with Gasteiger partial charge in [-0.15, -0.1) is 0 Å². The predicted octanol–water partition coefficient (Wildman–Crippen LogP) is 3.16. The van der Waals surface area contributed by atoms with Crippen molar-refractivity contribution in [2.45, 2.75) is 6.04 Å². The van der Waals surface area contributed by atoms with Crippen LogP contribution in [-0.4, -0.2) is 14.2 Å². The molecular weight excluding hydrogens is 339 g/mol. The van der Waals surface area contributed by atoms with Crippen molar-refractivity contribution in [2.75, 3.05) is 14.2 Å². The van der Waals surface area contributed by atoms with Crippen molar-refractivity contribution < 1.29 is 13.9 Å². The van der Waals surface area contributed by atoms with Crippen molar-refractivity contribution >= 4 is 15.9 Å². The Bertz CT molecular complexity index is 637. The van der Waals surface area contributed by atoms with Gasteiger partial charge >= 0.3 is 0 Å². The van der Waals surface area contributed by atoms with Crippen molar-refractivity contribution in [1.82, 2.24) is 5.43 Å². The molecule has 0 aromatic heterocycles. The molecule has 6 heteroatoms. The Hall–Kier alpha value is -1.63. The minimum absolute atomic E-state index is 0.356. The van der Waals surface area contributed by atoms with E-state index < -0.39 is 6.04 Å². The van der Waals surface area contributed by atoms with Crippen molar-refractivity contribution in [3.8, 4) is 11.5 Å². The molecule has 0 radical (unpaired) electrons. The Morgan fingerprint density at radius 2 is 1.86 bits per heavy atom. The van der Waals surface area contributed by atoms with Crippen LogP contribution in [0.3, 0.4) is 0 Å². The fraction of sp³-hybridized carbons (Fsp3) is 0.200. The van der Waals surface area contributed by atoms with Gasteiger partial charge in [0.25, 0.3) is 0 Å². The minimum atomic E-state index is -0.562. The Kier molecular flexibility index (Phi) is 5.17. The quantitative estimate of drug-likeness (QED) is 0.639. The van der Waals surface area contributed by atoms with Gasteiger partial charge in [-0.25, -0.2) is 9.82 Å². The Morgan fingerprint density at radius 1 is 1.10 bits per heavy atom. The summed E-state index contributed by atoms with van der Waals surface area (Å²) in [6.45, 7) is 0. The fourth-order valence-corrected chi connectivity index (χ4v) is 2.53. The highest BCUT2D eigenvalue weighted by Gasteiger charge is 2.21. The SMILES string of the molecule is COc1ccc(OC)c(C(NN)c2cc(Br)ccc2F)c1. The minimum Gasteiger partial charge on any atom is -0.497 e. The lowest BCUT2D eigenvalue weighted by Gasteiger charge is -2.21. The van der Waals surface area contributed by atoms with Crippen LogP contribution in [0.4, 0.5) is 4.39 Å². The molecule has 1 unspecified atom stereocenters. The van der Waals surface area contributed by atoms with Gasteiger partial charge in [0.15, 0.2) is 0 Å². The summed E-state index contributed by atoms with van der Waals surface area (Å²) in [6, 6.07) is 9.43. The summed E-state index contributed by atoms with van der Waals surface area (Å²) < 4.78 is 25.4. The second kappa shape index (κ2) is 6.89. The topological polar surface area (TPSA) is 56.5 Å². The molecule has 0 aliphatic carbocycles. The summed E-state index contributed by atoms with van der Waals surface area (Å²) >= 11 is 3.34. The standard InChI is InChI=1S/C15H16BrFN2O2/c1-20-10-4-6-14(21-2)12(8-10)15(19-18)11-7-9(16)3-5-13(11)17/h3-8,15,19H,18H2,1-2H3. The molecule has 0 saturated carbocycles. The van der Waals surface area contributed by atoms with E-state index >= 15 is 0 Å². The maximum atomic E-state index is 14.1. The molecule has 2 aromatic rings. The highest BCUT2D eigenvalue weighted by molar-refractivity contribution is 9.10. The van der Waals surface area contributed by atoms with Gasteiger partial charge in [-0.05, 0) is 36.4 Å². The Morgan fingerprint density at radius 3 is 2.48 bits per heavy atom. The van der Waals surface area contributed by atoms with Crippen LogP contribution in [0.5, 0.6) is 11.5 Å². The number of benzene rings is 2. The smallest absolute Gasteiger partial charge is 0.128 e. The Labute approximate surface area is 131 Å². The van der Waals surface area contributed by atoms with E-state index in [1.165, 1.54) is 6.07 Å². The highest BCUT2D eigenvalue weighted by atomic mass is 79.9. The average molecular weight is 355 g/mol. The number of hydrogen-bond donors (Lipinski definition) is 2. The molecule has 0 heterocycles. The van der Waals surface area contributed by atoms with Gasteiger partial charge in [-0.3, -0.25) is 5.84 Å². The molecular formula is C15H16BrFN2O2. The molecule has 4 nitrogen and oxygen atoms in total. The number of nitrogens with one attached hydrogen (secondary N) is 1. The molecule has 112 valence electrons. The van der Waals surface area contributed by atoms with Gasteiger partial charge < -0.3 is 9.47 Å². The van der Waals surface area contributed by atoms with Gasteiger partial charge in [0.1, 0.15) is 17.3 Å². The molecule has 0 bridgehead atoms. The van der Waals surface area contributed by atoms with Gasteiger partial charge in [0, 0.05) is 15.6 Å². The third-order valence-electron chi connectivity index (χ3n) is 3.18. The zero-order valence-corrected chi connectivity index (χ0v) is 13.3. The first-order valence-corrected chi connectivity index (χ1v) is 7.03. The molecule has 3 N–H and O–H groups in total. The van der Waals surface area contributed by atoms with Crippen LogP contribution in [0.15, 0.2) is 40.9 Å². The van der Waals surface area contributed by atoms with Gasteiger partial charge in [0.05, 0.1) is 20.3 Å². The van der Waals surface area contributed by atoms with Crippen molar-refractivity contribution in [3.05, 3.63) is 57.8 Å². The number of ether oxygens (including phenoxy) is 2. The maximum absolute atomic E-state index is 14.1. The molecule has 21 heavy (non-hydrogen) atoms. The van der Waals surface area contributed by atoms with Crippen LogP contribution < -0.4 is 20.7 Å². The molecule has 0 saturated heterocycles. The van der Waals surface area contributed by atoms with E-state index in [1.54, 1.807) is 44.6 Å². The van der Waals surface area contributed by atoms with E-state index in [0.717, 1.165) is 4.47 Å². The lowest BCUT2D eigenvalue weighted by atomic mass is 9.97. The van der Waals surface area contributed by atoms with Crippen LogP contribution in [-0.2, 0) is 0 Å². The number of hydrogen-bond acceptors (Lipinski definition) is 4. The number of hydrazine groups is 1. The molecule has 2 rings (SSSR count). The van der Waals surface area contributed by atoms with E-state index in [1.807, 2.05) is 0 Å². The second-order valence-electron chi connectivity index (χ2n) is 4.37. The van der Waals surface area contributed by atoms with E-state index in [-0.39, 0.29) is 5.82 Å². The van der Waals surface area contributed by atoms with E-state index in [4.69, 9.17) is 15.3 Å². The van der Waals surface area contributed by atoms with E-state index in [0.29, 0.717) is 22.6 Å². The third kappa shape index (κ3) is 3.34. The first-order valence-electron chi connectivity index (χ1n) is 6.23. The highest BCUT2D eigenvalue weighted by Crippen LogP contribution is 2.34. The largest absolute Gasteiger partial charge is 0.497 e. The van der Waals surface area contributed by atoms with Crippen molar-refractivity contribution in [1.29, 1.82) is 0 Å². The lowest BCUT2D eigenvalue weighted by molar-refractivity contribution is 0.393. The van der Waals surface area contributed by atoms with Crippen LogP contribution in [0.2, 0.25) is 0 Å². The molecule has 1 atom stereocenters. The number of nitrogens with two attached hydrogens (primary N) is 1. The van der Waals surface area contributed by atoms with Crippen LogP contribution in [0.25, 0.3) is 0 Å². The summed E-state index contributed by atoms with van der Waals surface area (Å²) in [5, 5.41) is 0. The maximum Gasteiger partial charge on any atom is 0.128 e. The lowest BCUT2D eigenvalue weighted by Crippen LogP contribution is -2.30. The zero-order chi connectivity index (χ0) is 15.4. The number of halogens is 2. The predicted molar refractivity (Wildman–Crippen MR) is 82.8 cm³/mol. The van der Waals surface area contributed by atoms with Gasteiger partial charge in [-0.2, -0.15) is 0 Å². The fourth-order valence-electron chi connectivity index (χ4n) is 2.15. The van der Waals surface area contributed by atoms with Crippen molar-refractivity contribution in [2.24, 2.45) is 5.84 Å². The summed E-state index contributed by atoms with van der Waals surface area (Å²) in [7, 11) is 3.12.